The van der Waals surface area contributed by atoms with Crippen LogP contribution in [0.1, 0.15) is 61.3 Å². The first-order chi connectivity index (χ1) is 16.1. The predicted octanol–water partition coefficient (Wildman–Crippen LogP) is 7.38. The zero-order valence-corrected chi connectivity index (χ0v) is 21.3. The van der Waals surface area contributed by atoms with Gasteiger partial charge in [0.25, 0.3) is 0 Å². The number of halogens is 1. The Bertz CT molecular complexity index is 1050. The van der Waals surface area contributed by atoms with Gasteiger partial charge in [-0.05, 0) is 91.1 Å². The number of benzene rings is 3. The van der Waals surface area contributed by atoms with Crippen LogP contribution in [0, 0.1) is 0 Å². The highest BCUT2D eigenvalue weighted by Crippen LogP contribution is 2.37. The second kappa shape index (κ2) is 11.3. The highest BCUT2D eigenvalue weighted by Gasteiger charge is 2.25. The molecule has 0 saturated carbocycles. The van der Waals surface area contributed by atoms with E-state index < -0.39 is 0 Å². The molecule has 4 rings (SSSR count). The largest absolute Gasteiger partial charge is 0.396 e. The lowest BCUT2D eigenvalue weighted by atomic mass is 9.86. The number of aliphatic hydroxyl groups is 1. The lowest BCUT2D eigenvalue weighted by Gasteiger charge is -2.21. The zero-order valence-electron chi connectivity index (χ0n) is 19.7. The molecule has 3 heteroatoms. The SMILES string of the molecule is CC(C)N1CCC(c2ccc(/C(=C(/CCCO)c3ccccc3)c3ccc(Br)cc3)cc2)C1. The Kier molecular flexibility index (Phi) is 8.19. The third-order valence-electron chi connectivity index (χ3n) is 6.76. The van der Waals surface area contributed by atoms with Crippen molar-refractivity contribution in [2.45, 2.75) is 45.1 Å². The van der Waals surface area contributed by atoms with E-state index in [1.165, 1.54) is 46.4 Å². The van der Waals surface area contributed by atoms with Gasteiger partial charge in [0.1, 0.15) is 0 Å². The molecule has 172 valence electrons. The van der Waals surface area contributed by atoms with Crippen molar-refractivity contribution in [1.29, 1.82) is 0 Å². The van der Waals surface area contributed by atoms with E-state index in [9.17, 15) is 5.11 Å². The van der Waals surface area contributed by atoms with Crippen LogP contribution in [-0.2, 0) is 0 Å². The van der Waals surface area contributed by atoms with E-state index in [1.807, 2.05) is 0 Å². The molecule has 0 spiro atoms. The van der Waals surface area contributed by atoms with Gasteiger partial charge in [0.05, 0.1) is 0 Å². The van der Waals surface area contributed by atoms with Gasteiger partial charge in [0.2, 0.25) is 0 Å². The maximum Gasteiger partial charge on any atom is 0.0434 e. The average molecular weight is 505 g/mol. The number of nitrogens with zero attached hydrogens (tertiary/aromatic N) is 1. The Balaban J connectivity index is 1.76. The van der Waals surface area contributed by atoms with Crippen LogP contribution in [0.25, 0.3) is 11.1 Å². The summed E-state index contributed by atoms with van der Waals surface area (Å²) in [5.74, 6) is 0.615. The maximum atomic E-state index is 9.61. The van der Waals surface area contributed by atoms with Crippen molar-refractivity contribution in [3.63, 3.8) is 0 Å². The van der Waals surface area contributed by atoms with Crippen molar-refractivity contribution in [2.24, 2.45) is 0 Å². The summed E-state index contributed by atoms with van der Waals surface area (Å²) in [4.78, 5) is 2.58. The minimum Gasteiger partial charge on any atom is -0.396 e. The molecule has 1 heterocycles. The number of allylic oxidation sites excluding steroid dienone is 1. The van der Waals surface area contributed by atoms with Crippen molar-refractivity contribution in [3.8, 4) is 0 Å². The number of hydrogen-bond donors (Lipinski definition) is 1. The number of rotatable bonds is 8. The van der Waals surface area contributed by atoms with Crippen molar-refractivity contribution < 1.29 is 5.11 Å². The van der Waals surface area contributed by atoms with Crippen LogP contribution in [0.2, 0.25) is 0 Å². The molecular formula is C30H34BrNO. The van der Waals surface area contributed by atoms with Crippen molar-refractivity contribution in [1.82, 2.24) is 4.90 Å². The summed E-state index contributed by atoms with van der Waals surface area (Å²) in [6.07, 6.45) is 2.81. The minimum absolute atomic E-state index is 0.191. The first-order valence-electron chi connectivity index (χ1n) is 12.1. The Morgan fingerprint density at radius 2 is 1.55 bits per heavy atom. The second-order valence-corrected chi connectivity index (χ2v) is 10.2. The van der Waals surface area contributed by atoms with Crippen LogP contribution < -0.4 is 0 Å². The van der Waals surface area contributed by atoms with Gasteiger partial charge < -0.3 is 10.0 Å². The van der Waals surface area contributed by atoms with Crippen molar-refractivity contribution in [2.75, 3.05) is 19.7 Å². The van der Waals surface area contributed by atoms with Crippen LogP contribution >= 0.6 is 15.9 Å². The van der Waals surface area contributed by atoms with E-state index in [0.717, 1.165) is 23.9 Å². The van der Waals surface area contributed by atoms with Gasteiger partial charge in [-0.2, -0.15) is 0 Å². The molecule has 1 aliphatic rings. The number of likely N-dealkylation sites (tertiary alicyclic amines) is 1. The predicted molar refractivity (Wildman–Crippen MR) is 143 cm³/mol. The van der Waals surface area contributed by atoms with E-state index in [1.54, 1.807) is 0 Å². The third kappa shape index (κ3) is 5.84. The second-order valence-electron chi connectivity index (χ2n) is 9.25. The van der Waals surface area contributed by atoms with Gasteiger partial charge in [-0.1, -0.05) is 82.7 Å². The minimum atomic E-state index is 0.191. The van der Waals surface area contributed by atoms with Gasteiger partial charge >= 0.3 is 0 Å². The first kappa shape index (κ1) is 23.9. The summed E-state index contributed by atoms with van der Waals surface area (Å²) < 4.78 is 1.08. The molecule has 1 atom stereocenters. The van der Waals surface area contributed by atoms with Crippen molar-refractivity contribution >= 4 is 27.1 Å². The molecule has 1 fully saturated rings. The Labute approximate surface area is 207 Å². The summed E-state index contributed by atoms with van der Waals surface area (Å²) in [5, 5.41) is 9.61. The molecule has 3 aromatic rings. The number of hydrogen-bond acceptors (Lipinski definition) is 2. The van der Waals surface area contributed by atoms with Crippen LogP contribution in [-0.4, -0.2) is 35.7 Å². The molecule has 0 aromatic heterocycles. The lowest BCUT2D eigenvalue weighted by molar-refractivity contribution is 0.272. The standard InChI is InChI=1S/C30H34BrNO/c1-22(2)32-19-18-27(21-32)23-10-12-25(13-11-23)30(26-14-16-28(31)17-15-26)29(9-6-20-33)24-7-4-3-5-8-24/h3-5,7-8,10-17,22,27,33H,6,9,18-21H2,1-2H3/b30-29+. The molecule has 0 aliphatic carbocycles. The highest BCUT2D eigenvalue weighted by molar-refractivity contribution is 9.10. The molecule has 3 aromatic carbocycles. The van der Waals surface area contributed by atoms with E-state index in [0.29, 0.717) is 12.0 Å². The summed E-state index contributed by atoms with van der Waals surface area (Å²) in [6.45, 7) is 7.11. The topological polar surface area (TPSA) is 23.5 Å². The molecule has 0 amide bonds. The molecule has 1 unspecified atom stereocenters. The van der Waals surface area contributed by atoms with Crippen molar-refractivity contribution in [3.05, 3.63) is 106 Å². The van der Waals surface area contributed by atoms with E-state index in [4.69, 9.17) is 0 Å². The normalized spacial score (nSPS) is 17.4. The lowest BCUT2D eigenvalue weighted by Crippen LogP contribution is -2.27. The van der Waals surface area contributed by atoms with Crippen LogP contribution in [0.3, 0.4) is 0 Å². The molecule has 2 nitrogen and oxygen atoms in total. The van der Waals surface area contributed by atoms with Gasteiger partial charge in [0, 0.05) is 23.7 Å². The number of aliphatic hydroxyl groups excluding tert-OH is 1. The van der Waals surface area contributed by atoms with E-state index in [-0.39, 0.29) is 6.61 Å². The van der Waals surface area contributed by atoms with E-state index in [2.05, 4.69) is 114 Å². The van der Waals surface area contributed by atoms with Crippen LogP contribution in [0.5, 0.6) is 0 Å². The van der Waals surface area contributed by atoms with Gasteiger partial charge in [-0.25, -0.2) is 0 Å². The molecule has 1 saturated heterocycles. The summed E-state index contributed by atoms with van der Waals surface area (Å²) >= 11 is 3.58. The summed E-state index contributed by atoms with van der Waals surface area (Å²) in [7, 11) is 0. The smallest absolute Gasteiger partial charge is 0.0434 e. The average Bonchev–Trinajstić information content (AvgIpc) is 3.34. The maximum absolute atomic E-state index is 9.61. The van der Waals surface area contributed by atoms with Crippen LogP contribution in [0.15, 0.2) is 83.3 Å². The van der Waals surface area contributed by atoms with Gasteiger partial charge in [-0.3, -0.25) is 0 Å². The fraction of sp³-hybridized carbons (Fsp3) is 0.333. The molecule has 1 aliphatic heterocycles. The zero-order chi connectivity index (χ0) is 23.2. The third-order valence-corrected chi connectivity index (χ3v) is 7.29. The van der Waals surface area contributed by atoms with E-state index >= 15 is 0 Å². The summed E-state index contributed by atoms with van der Waals surface area (Å²) in [6, 6.07) is 29.1. The fourth-order valence-corrected chi connectivity index (χ4v) is 5.16. The molecule has 33 heavy (non-hydrogen) atoms. The van der Waals surface area contributed by atoms with Gasteiger partial charge in [0.15, 0.2) is 0 Å². The Morgan fingerprint density at radius 3 is 2.12 bits per heavy atom. The Hall–Kier alpha value is -2.20. The molecule has 0 bridgehead atoms. The fourth-order valence-electron chi connectivity index (χ4n) is 4.89. The summed E-state index contributed by atoms with van der Waals surface area (Å²) in [5.41, 5.74) is 7.63. The molecule has 0 radical (unpaired) electrons. The Morgan fingerprint density at radius 1 is 0.909 bits per heavy atom. The monoisotopic (exact) mass is 503 g/mol. The van der Waals surface area contributed by atoms with Crippen LogP contribution in [0.4, 0.5) is 0 Å². The quantitative estimate of drug-likeness (QED) is 0.324. The molecular weight excluding hydrogens is 470 g/mol. The van der Waals surface area contributed by atoms with Gasteiger partial charge in [-0.15, -0.1) is 0 Å². The highest BCUT2D eigenvalue weighted by atomic mass is 79.9. The molecule has 1 N–H and O–H groups in total. The first-order valence-corrected chi connectivity index (χ1v) is 12.9.